The molecular weight excluding hydrogens is 298 g/mol. The Hall–Kier alpha value is -1.75. The highest BCUT2D eigenvalue weighted by atomic mass is 79.9. The molecule has 5 heteroatoms. The number of carbonyl (C=O) groups excluding carboxylic acids is 1. The topological polar surface area (TPSA) is 51.5 Å². The Bertz CT molecular complexity index is 510. The van der Waals surface area contributed by atoms with Crippen LogP contribution < -0.4 is 10.1 Å². The van der Waals surface area contributed by atoms with Crippen LogP contribution in [-0.2, 0) is 0 Å². The Labute approximate surface area is 113 Å². The number of hydrogen-bond donors (Lipinski definition) is 1. The normalized spacial score (nSPS) is 10.1. The van der Waals surface area contributed by atoms with Crippen molar-refractivity contribution in [1.29, 1.82) is 0 Å². The quantitative estimate of drug-likeness (QED) is 0.864. The molecule has 18 heavy (non-hydrogen) atoms. The van der Waals surface area contributed by atoms with Crippen molar-refractivity contribution in [2.45, 2.75) is 0 Å². The molecule has 94 valence electrons. The van der Waals surface area contributed by atoms with Crippen LogP contribution in [0.15, 0.2) is 51.6 Å². The molecule has 0 saturated carbocycles. The van der Waals surface area contributed by atoms with Crippen molar-refractivity contribution in [2.75, 3.05) is 13.2 Å². The number of nitrogens with one attached hydrogen (secondary N) is 1. The molecule has 1 heterocycles. The van der Waals surface area contributed by atoms with Gasteiger partial charge < -0.3 is 14.5 Å². The van der Waals surface area contributed by atoms with Crippen molar-refractivity contribution in [3.63, 3.8) is 0 Å². The predicted molar refractivity (Wildman–Crippen MR) is 70.7 cm³/mol. The SMILES string of the molecule is O=C(NCCOc1ccccc1)c1ccc(Br)o1. The van der Waals surface area contributed by atoms with Gasteiger partial charge in [-0.05, 0) is 40.2 Å². The maximum Gasteiger partial charge on any atom is 0.287 e. The first-order valence-electron chi connectivity index (χ1n) is 5.47. The fraction of sp³-hybridized carbons (Fsp3) is 0.154. The van der Waals surface area contributed by atoms with Crippen LogP contribution in [0.3, 0.4) is 0 Å². The van der Waals surface area contributed by atoms with E-state index in [1.54, 1.807) is 12.1 Å². The first-order chi connectivity index (χ1) is 8.75. The highest BCUT2D eigenvalue weighted by molar-refractivity contribution is 9.10. The Kier molecular flexibility index (Phi) is 4.41. The summed E-state index contributed by atoms with van der Waals surface area (Å²) in [6.45, 7) is 0.837. The highest BCUT2D eigenvalue weighted by Gasteiger charge is 2.09. The van der Waals surface area contributed by atoms with Crippen LogP contribution in [0.4, 0.5) is 0 Å². The van der Waals surface area contributed by atoms with E-state index in [2.05, 4.69) is 21.2 Å². The number of furan rings is 1. The van der Waals surface area contributed by atoms with Crippen LogP contribution in [-0.4, -0.2) is 19.1 Å². The second-order valence-corrected chi connectivity index (χ2v) is 4.30. The van der Waals surface area contributed by atoms with Gasteiger partial charge in [-0.3, -0.25) is 4.79 Å². The van der Waals surface area contributed by atoms with Gasteiger partial charge in [0.1, 0.15) is 12.4 Å². The summed E-state index contributed by atoms with van der Waals surface area (Å²) in [6.07, 6.45) is 0. The lowest BCUT2D eigenvalue weighted by Crippen LogP contribution is -2.27. The fourth-order valence-electron chi connectivity index (χ4n) is 1.37. The van der Waals surface area contributed by atoms with Crippen molar-refractivity contribution in [1.82, 2.24) is 5.32 Å². The Morgan fingerprint density at radius 1 is 1.22 bits per heavy atom. The number of benzene rings is 1. The number of para-hydroxylation sites is 1. The van der Waals surface area contributed by atoms with Gasteiger partial charge in [-0.15, -0.1) is 0 Å². The van der Waals surface area contributed by atoms with Crippen molar-refractivity contribution in [2.24, 2.45) is 0 Å². The van der Waals surface area contributed by atoms with Crippen LogP contribution in [0.5, 0.6) is 5.75 Å². The summed E-state index contributed by atoms with van der Waals surface area (Å²) in [4.78, 5) is 11.6. The van der Waals surface area contributed by atoms with E-state index in [0.29, 0.717) is 17.8 Å². The predicted octanol–water partition coefficient (Wildman–Crippen LogP) is 2.85. The molecule has 2 rings (SSSR count). The summed E-state index contributed by atoms with van der Waals surface area (Å²) in [7, 11) is 0. The summed E-state index contributed by atoms with van der Waals surface area (Å²) in [5.74, 6) is 0.812. The summed E-state index contributed by atoms with van der Waals surface area (Å²) in [5, 5.41) is 2.70. The Balaban J connectivity index is 1.71. The van der Waals surface area contributed by atoms with Crippen LogP contribution in [0.25, 0.3) is 0 Å². The van der Waals surface area contributed by atoms with Gasteiger partial charge in [0, 0.05) is 0 Å². The third kappa shape index (κ3) is 3.63. The van der Waals surface area contributed by atoms with Crippen LogP contribution in [0.1, 0.15) is 10.6 Å². The van der Waals surface area contributed by atoms with Crippen molar-refractivity contribution in [3.8, 4) is 5.75 Å². The number of carbonyl (C=O) groups is 1. The van der Waals surface area contributed by atoms with E-state index in [1.165, 1.54) is 0 Å². The smallest absolute Gasteiger partial charge is 0.287 e. The summed E-state index contributed by atoms with van der Waals surface area (Å²) < 4.78 is 11.1. The van der Waals surface area contributed by atoms with Gasteiger partial charge in [0.25, 0.3) is 5.91 Å². The molecule has 0 aliphatic heterocycles. The summed E-state index contributed by atoms with van der Waals surface area (Å²) in [5.41, 5.74) is 0. The van der Waals surface area contributed by atoms with Crippen molar-refractivity contribution >= 4 is 21.8 Å². The number of rotatable bonds is 5. The minimum Gasteiger partial charge on any atom is -0.492 e. The molecule has 1 amide bonds. The van der Waals surface area contributed by atoms with Crippen molar-refractivity contribution < 1.29 is 13.9 Å². The van der Waals surface area contributed by atoms with Gasteiger partial charge in [0.15, 0.2) is 10.4 Å². The Morgan fingerprint density at radius 3 is 2.67 bits per heavy atom. The molecule has 0 saturated heterocycles. The molecule has 0 aliphatic carbocycles. The number of halogens is 1. The number of amides is 1. The number of ether oxygens (including phenoxy) is 1. The molecular formula is C13H12BrNO3. The minimum absolute atomic E-state index is 0.252. The zero-order valence-corrected chi connectivity index (χ0v) is 11.1. The molecule has 0 radical (unpaired) electrons. The van der Waals surface area contributed by atoms with Gasteiger partial charge in [-0.25, -0.2) is 0 Å². The molecule has 1 aromatic heterocycles. The molecule has 0 spiro atoms. The highest BCUT2D eigenvalue weighted by Crippen LogP contribution is 2.13. The first-order valence-corrected chi connectivity index (χ1v) is 6.26. The van der Waals surface area contributed by atoms with Crippen molar-refractivity contribution in [3.05, 3.63) is 52.9 Å². The standard InChI is InChI=1S/C13H12BrNO3/c14-12-7-6-11(18-12)13(16)15-8-9-17-10-4-2-1-3-5-10/h1-7H,8-9H2,(H,15,16). The average Bonchev–Trinajstić information content (AvgIpc) is 2.82. The number of hydrogen-bond acceptors (Lipinski definition) is 3. The zero-order valence-electron chi connectivity index (χ0n) is 9.56. The summed E-state index contributed by atoms with van der Waals surface area (Å²) in [6, 6.07) is 12.7. The van der Waals surface area contributed by atoms with E-state index >= 15 is 0 Å². The lowest BCUT2D eigenvalue weighted by Gasteiger charge is -2.06. The molecule has 4 nitrogen and oxygen atoms in total. The van der Waals surface area contributed by atoms with Crippen LogP contribution >= 0.6 is 15.9 Å². The van der Waals surface area contributed by atoms with Gasteiger partial charge in [0.05, 0.1) is 6.54 Å². The van der Waals surface area contributed by atoms with Crippen LogP contribution in [0, 0.1) is 0 Å². The maximum absolute atomic E-state index is 11.6. The van der Waals surface area contributed by atoms with Gasteiger partial charge in [0.2, 0.25) is 0 Å². The largest absolute Gasteiger partial charge is 0.492 e. The molecule has 2 aromatic rings. The summed E-state index contributed by atoms with van der Waals surface area (Å²) >= 11 is 3.14. The molecule has 0 aliphatic rings. The van der Waals surface area contributed by atoms with E-state index in [4.69, 9.17) is 9.15 Å². The molecule has 0 atom stereocenters. The first kappa shape index (κ1) is 12.7. The zero-order chi connectivity index (χ0) is 12.8. The molecule has 0 fully saturated rings. The average molecular weight is 310 g/mol. The second kappa shape index (κ2) is 6.26. The maximum atomic E-state index is 11.6. The van der Waals surface area contributed by atoms with E-state index < -0.39 is 0 Å². The molecule has 1 N–H and O–H groups in total. The third-order valence-electron chi connectivity index (χ3n) is 2.20. The van der Waals surface area contributed by atoms with E-state index in [9.17, 15) is 4.79 Å². The minimum atomic E-state index is -0.252. The second-order valence-electron chi connectivity index (χ2n) is 3.52. The van der Waals surface area contributed by atoms with Gasteiger partial charge in [-0.2, -0.15) is 0 Å². The van der Waals surface area contributed by atoms with Crippen LogP contribution in [0.2, 0.25) is 0 Å². The molecule has 1 aromatic carbocycles. The monoisotopic (exact) mass is 309 g/mol. The van der Waals surface area contributed by atoms with E-state index in [0.717, 1.165) is 5.75 Å². The Morgan fingerprint density at radius 2 is 2.00 bits per heavy atom. The lowest BCUT2D eigenvalue weighted by molar-refractivity contribution is 0.0918. The van der Waals surface area contributed by atoms with E-state index in [1.807, 2.05) is 30.3 Å². The van der Waals surface area contributed by atoms with Gasteiger partial charge in [-0.1, -0.05) is 18.2 Å². The third-order valence-corrected chi connectivity index (χ3v) is 2.62. The fourth-order valence-corrected chi connectivity index (χ4v) is 1.68. The molecule has 0 unspecified atom stereocenters. The molecule has 0 bridgehead atoms. The van der Waals surface area contributed by atoms with Gasteiger partial charge >= 0.3 is 0 Å². The lowest BCUT2D eigenvalue weighted by atomic mass is 10.3. The van der Waals surface area contributed by atoms with E-state index in [-0.39, 0.29) is 11.7 Å².